The normalized spacial score (nSPS) is 0. The summed E-state index contributed by atoms with van der Waals surface area (Å²) in [4.78, 5) is 0. The molecule has 0 aromatic heterocycles. The Morgan fingerprint density at radius 2 is 0.750 bits per heavy atom. The van der Waals surface area contributed by atoms with Crippen molar-refractivity contribution in [2.45, 2.75) is 0 Å². The van der Waals surface area contributed by atoms with Gasteiger partial charge in [0.2, 0.25) is 0 Å². The standard InChI is InChI=1S/Cr.Hg.2S/q+3;+1;2*-2. The van der Waals surface area contributed by atoms with Crippen molar-refractivity contribution < 1.29 is 45.0 Å². The average Bonchev–Trinajstić information content (AvgIpc) is 0. The first-order valence-corrected chi connectivity index (χ1v) is 0. The van der Waals surface area contributed by atoms with Gasteiger partial charge in [0, 0.05) is 0 Å². The van der Waals surface area contributed by atoms with Crippen LogP contribution in [0.5, 0.6) is 0 Å². The minimum absolute atomic E-state index is 0. The maximum atomic E-state index is 0. The molecule has 0 saturated carbocycles. The van der Waals surface area contributed by atoms with Gasteiger partial charge < -0.3 is 27.0 Å². The van der Waals surface area contributed by atoms with E-state index in [4.69, 9.17) is 0 Å². The predicted octanol–water partition coefficient (Wildman–Crippen LogP) is -0.00980. The van der Waals surface area contributed by atoms with Crippen LogP contribution in [0.4, 0.5) is 0 Å². The second kappa shape index (κ2) is 19.1. The van der Waals surface area contributed by atoms with Crippen LogP contribution in [0.15, 0.2) is 0 Å². The second-order valence-electron chi connectivity index (χ2n) is 0. The third kappa shape index (κ3) is 8.90. The van der Waals surface area contributed by atoms with E-state index in [1.165, 1.54) is 0 Å². The van der Waals surface area contributed by atoms with Crippen LogP contribution in [0, 0.1) is 0 Å². The van der Waals surface area contributed by atoms with Gasteiger partial charge in [0.15, 0.2) is 0 Å². The van der Waals surface area contributed by atoms with Gasteiger partial charge in [0.1, 0.15) is 0 Å². The molecule has 4 heavy (non-hydrogen) atoms. The summed E-state index contributed by atoms with van der Waals surface area (Å²) in [6, 6.07) is 0. The Balaban J connectivity index is 0. The van der Waals surface area contributed by atoms with Crippen LogP contribution in [0.3, 0.4) is 0 Å². The second-order valence-corrected chi connectivity index (χ2v) is 0. The topological polar surface area (TPSA) is 0 Å². The van der Waals surface area contributed by atoms with Gasteiger partial charge >= 0.3 is 45.0 Å². The van der Waals surface area contributed by atoms with Crippen molar-refractivity contribution in [1.29, 1.82) is 0 Å². The minimum atomic E-state index is 0. The molecule has 0 aliphatic rings. The fourth-order valence-corrected chi connectivity index (χ4v) is 0. The zero-order valence-corrected chi connectivity index (χ0v) is 10.3. The third-order valence-corrected chi connectivity index (χ3v) is 0. The number of rotatable bonds is 0. The van der Waals surface area contributed by atoms with Crippen molar-refractivity contribution in [2.75, 3.05) is 0 Å². The van der Waals surface area contributed by atoms with E-state index in [0.29, 0.717) is 0 Å². The maximum absolute atomic E-state index is 0. The zero-order valence-electron chi connectivity index (χ0n) is 1.93. The molecule has 0 aromatic rings. The fraction of sp³-hybridized carbons (Fsp3) is 0. The van der Waals surface area contributed by atoms with E-state index in [0.717, 1.165) is 0 Å². The Bertz CT molecular complexity index is 6.00. The molecular weight excluding hydrogens is 317 g/mol. The first-order valence-electron chi connectivity index (χ1n) is 0. The molecule has 0 nitrogen and oxygen atoms in total. The van der Waals surface area contributed by atoms with Crippen molar-refractivity contribution >= 4 is 27.0 Å². The third-order valence-electron chi connectivity index (χ3n) is 0. The Morgan fingerprint density at radius 1 is 0.750 bits per heavy atom. The summed E-state index contributed by atoms with van der Waals surface area (Å²) >= 11 is 0. The van der Waals surface area contributed by atoms with Gasteiger partial charge in [-0.05, 0) is 0 Å². The first-order chi connectivity index (χ1) is 0. The van der Waals surface area contributed by atoms with Crippen LogP contribution in [0.25, 0.3) is 0 Å². The molecule has 0 aliphatic heterocycles. The summed E-state index contributed by atoms with van der Waals surface area (Å²) < 4.78 is 0. The van der Waals surface area contributed by atoms with Gasteiger partial charge in [-0.15, -0.1) is 0 Å². The van der Waals surface area contributed by atoms with Gasteiger partial charge in [-0.25, -0.2) is 0 Å². The molecule has 2 radical (unpaired) electrons. The molecule has 0 amide bonds. The first kappa shape index (κ1) is 35.1. The summed E-state index contributed by atoms with van der Waals surface area (Å²) in [6.07, 6.45) is 0. The van der Waals surface area contributed by atoms with Crippen molar-refractivity contribution in [3.63, 3.8) is 0 Å². The van der Waals surface area contributed by atoms with E-state index in [-0.39, 0.29) is 72.0 Å². The van der Waals surface area contributed by atoms with Crippen LogP contribution < -0.4 is 0 Å². The Kier molecular flexibility index (Phi) is 167. The molecule has 0 spiro atoms. The van der Waals surface area contributed by atoms with Crippen LogP contribution in [0.1, 0.15) is 0 Å². The smallest absolute Gasteiger partial charge is 2.00 e. The van der Waals surface area contributed by atoms with Crippen molar-refractivity contribution in [2.24, 2.45) is 0 Å². The maximum Gasteiger partial charge on any atom is 3.00 e. The van der Waals surface area contributed by atoms with Crippen LogP contribution in [-0.4, -0.2) is 0 Å². The van der Waals surface area contributed by atoms with E-state index in [1.54, 1.807) is 0 Å². The average molecular weight is 317 g/mol. The summed E-state index contributed by atoms with van der Waals surface area (Å²) in [5.41, 5.74) is 0. The van der Waals surface area contributed by atoms with Gasteiger partial charge in [-0.3, -0.25) is 0 Å². The molecule has 0 fully saturated rings. The quantitative estimate of drug-likeness (QED) is 0.552. The molecule has 0 heterocycles. The molecular formula is CrHgS2. The molecule has 0 bridgehead atoms. The minimum Gasteiger partial charge on any atom is -2.00 e. The van der Waals surface area contributed by atoms with E-state index in [1.807, 2.05) is 0 Å². The van der Waals surface area contributed by atoms with Crippen LogP contribution >= 0.6 is 0 Å². The van der Waals surface area contributed by atoms with Crippen LogP contribution in [-0.2, 0) is 72.0 Å². The van der Waals surface area contributed by atoms with Crippen molar-refractivity contribution in [1.82, 2.24) is 0 Å². The van der Waals surface area contributed by atoms with Crippen molar-refractivity contribution in [3.8, 4) is 0 Å². The molecule has 0 atom stereocenters. The zero-order chi connectivity index (χ0) is 0. The molecule has 20 valence electrons. The van der Waals surface area contributed by atoms with Gasteiger partial charge in [-0.1, -0.05) is 0 Å². The fourth-order valence-electron chi connectivity index (χ4n) is 0. The molecule has 0 saturated heterocycles. The molecule has 0 rings (SSSR count). The molecule has 0 aromatic carbocycles. The summed E-state index contributed by atoms with van der Waals surface area (Å²) in [6.45, 7) is 0. The SMILES string of the molecule is [Cr+3].[Hg+].[S-2].[S-2]. The van der Waals surface area contributed by atoms with Gasteiger partial charge in [0.05, 0.1) is 0 Å². The monoisotopic (exact) mass is 318 g/mol. The molecule has 4 heteroatoms. The van der Waals surface area contributed by atoms with E-state index in [2.05, 4.69) is 0 Å². The molecule has 0 unspecified atom stereocenters. The largest absolute Gasteiger partial charge is 3.00 e. The predicted molar refractivity (Wildman–Crippen MR) is 14.7 cm³/mol. The summed E-state index contributed by atoms with van der Waals surface area (Å²) in [5.74, 6) is 0. The Labute approximate surface area is 71.3 Å². The summed E-state index contributed by atoms with van der Waals surface area (Å²) in [5, 5.41) is 0. The molecule has 0 aliphatic carbocycles. The summed E-state index contributed by atoms with van der Waals surface area (Å²) in [7, 11) is 0. The Hall–Kier alpha value is 2.17. The van der Waals surface area contributed by atoms with Gasteiger partial charge in [-0.2, -0.15) is 0 Å². The van der Waals surface area contributed by atoms with E-state index in [9.17, 15) is 0 Å². The Morgan fingerprint density at radius 3 is 0.750 bits per heavy atom. The van der Waals surface area contributed by atoms with Crippen LogP contribution in [0.2, 0.25) is 0 Å². The van der Waals surface area contributed by atoms with Crippen molar-refractivity contribution in [3.05, 3.63) is 0 Å². The number of hydrogen-bond donors (Lipinski definition) is 0. The van der Waals surface area contributed by atoms with E-state index >= 15 is 0 Å². The van der Waals surface area contributed by atoms with E-state index < -0.39 is 0 Å². The molecule has 0 N–H and O–H groups in total. The van der Waals surface area contributed by atoms with Gasteiger partial charge in [0.25, 0.3) is 0 Å². The number of hydrogen-bond acceptors (Lipinski definition) is 0.